The van der Waals surface area contributed by atoms with E-state index in [0.717, 1.165) is 24.3 Å². The Labute approximate surface area is 104 Å². The molecular formula is C12H15F3N2O. The number of anilines is 1. The Morgan fingerprint density at radius 1 is 1.28 bits per heavy atom. The molecule has 0 saturated carbocycles. The predicted molar refractivity (Wildman–Crippen MR) is 62.4 cm³/mol. The number of alkyl halides is 3. The molecule has 0 amide bonds. The van der Waals surface area contributed by atoms with E-state index in [9.17, 15) is 13.2 Å². The zero-order valence-corrected chi connectivity index (χ0v) is 9.83. The standard InChI is InChI=1S/C12H15F3N2O/c13-12(14,15)18-8-7-17-6-5-16-9-10-3-1-2-4-11(10)17/h1-4,16H,5-9H2. The topological polar surface area (TPSA) is 24.5 Å². The number of halogens is 3. The van der Waals surface area contributed by atoms with E-state index in [2.05, 4.69) is 10.1 Å². The first-order chi connectivity index (χ1) is 8.56. The van der Waals surface area contributed by atoms with Crippen molar-refractivity contribution in [2.45, 2.75) is 12.9 Å². The number of para-hydroxylation sites is 1. The van der Waals surface area contributed by atoms with Crippen LogP contribution in [-0.2, 0) is 11.3 Å². The predicted octanol–water partition coefficient (Wildman–Crippen LogP) is 2.13. The zero-order valence-electron chi connectivity index (χ0n) is 9.83. The molecule has 1 aromatic rings. The van der Waals surface area contributed by atoms with Crippen molar-refractivity contribution in [3.05, 3.63) is 29.8 Å². The minimum atomic E-state index is -4.55. The van der Waals surface area contributed by atoms with E-state index in [1.807, 2.05) is 29.2 Å². The summed E-state index contributed by atoms with van der Waals surface area (Å²) in [6, 6.07) is 7.72. The summed E-state index contributed by atoms with van der Waals surface area (Å²) >= 11 is 0. The van der Waals surface area contributed by atoms with Crippen LogP contribution >= 0.6 is 0 Å². The third-order valence-electron chi connectivity index (χ3n) is 2.83. The lowest BCUT2D eigenvalue weighted by atomic mass is 10.1. The summed E-state index contributed by atoms with van der Waals surface area (Å²) in [5.74, 6) is 0. The highest BCUT2D eigenvalue weighted by Gasteiger charge is 2.29. The zero-order chi connectivity index (χ0) is 13.0. The molecule has 3 nitrogen and oxygen atoms in total. The molecule has 1 heterocycles. The number of nitrogens with one attached hydrogen (secondary N) is 1. The third-order valence-corrected chi connectivity index (χ3v) is 2.83. The van der Waals surface area contributed by atoms with Gasteiger partial charge in [0.1, 0.15) is 0 Å². The smallest absolute Gasteiger partial charge is 0.368 e. The summed E-state index contributed by atoms with van der Waals surface area (Å²) in [6.45, 7) is 2.06. The molecule has 18 heavy (non-hydrogen) atoms. The second kappa shape index (κ2) is 5.58. The molecule has 1 aliphatic heterocycles. The molecule has 1 N–H and O–H groups in total. The summed E-state index contributed by atoms with van der Waals surface area (Å²) in [4.78, 5) is 1.92. The van der Waals surface area contributed by atoms with Crippen molar-refractivity contribution in [2.24, 2.45) is 0 Å². The fraction of sp³-hybridized carbons (Fsp3) is 0.500. The second-order valence-corrected chi connectivity index (χ2v) is 4.09. The summed E-state index contributed by atoms with van der Waals surface area (Å²) in [7, 11) is 0. The molecule has 0 aromatic heterocycles. The lowest BCUT2D eigenvalue weighted by Gasteiger charge is -2.24. The Bertz CT molecular complexity index is 395. The van der Waals surface area contributed by atoms with Gasteiger partial charge in [-0.05, 0) is 11.6 Å². The first-order valence-corrected chi connectivity index (χ1v) is 5.80. The Kier molecular flexibility index (Phi) is 4.08. The van der Waals surface area contributed by atoms with Crippen molar-refractivity contribution in [3.63, 3.8) is 0 Å². The van der Waals surface area contributed by atoms with Crippen LogP contribution in [0.25, 0.3) is 0 Å². The van der Waals surface area contributed by atoms with Gasteiger partial charge in [-0.3, -0.25) is 4.74 Å². The minimum Gasteiger partial charge on any atom is -0.368 e. The maximum Gasteiger partial charge on any atom is 0.522 e. The Morgan fingerprint density at radius 2 is 2.06 bits per heavy atom. The molecule has 0 radical (unpaired) electrons. The van der Waals surface area contributed by atoms with Crippen molar-refractivity contribution in [2.75, 3.05) is 31.1 Å². The van der Waals surface area contributed by atoms with Crippen molar-refractivity contribution in [3.8, 4) is 0 Å². The van der Waals surface area contributed by atoms with Crippen LogP contribution in [-0.4, -0.2) is 32.6 Å². The SMILES string of the molecule is FC(F)(F)OCCN1CCNCc2ccccc21. The van der Waals surface area contributed by atoms with Crippen LogP contribution in [0.1, 0.15) is 5.56 Å². The molecule has 1 aliphatic rings. The van der Waals surface area contributed by atoms with Gasteiger partial charge >= 0.3 is 6.36 Å². The maximum atomic E-state index is 11.9. The van der Waals surface area contributed by atoms with E-state index in [4.69, 9.17) is 0 Å². The van der Waals surface area contributed by atoms with Crippen molar-refractivity contribution < 1.29 is 17.9 Å². The molecule has 0 unspecified atom stereocenters. The largest absolute Gasteiger partial charge is 0.522 e. The molecule has 100 valence electrons. The van der Waals surface area contributed by atoms with E-state index >= 15 is 0 Å². The van der Waals surface area contributed by atoms with Crippen LogP contribution in [0.3, 0.4) is 0 Å². The molecule has 6 heteroatoms. The first-order valence-electron chi connectivity index (χ1n) is 5.80. The molecular weight excluding hydrogens is 245 g/mol. The summed E-state index contributed by atoms with van der Waals surface area (Å²) < 4.78 is 39.6. The third kappa shape index (κ3) is 3.61. The Morgan fingerprint density at radius 3 is 2.83 bits per heavy atom. The molecule has 0 bridgehead atoms. The Hall–Kier alpha value is -1.27. The highest BCUT2D eigenvalue weighted by atomic mass is 19.4. The van der Waals surface area contributed by atoms with Gasteiger partial charge in [0.2, 0.25) is 0 Å². The van der Waals surface area contributed by atoms with Gasteiger partial charge in [-0.2, -0.15) is 0 Å². The van der Waals surface area contributed by atoms with E-state index < -0.39 is 6.36 Å². The number of rotatable bonds is 3. The van der Waals surface area contributed by atoms with E-state index in [-0.39, 0.29) is 13.2 Å². The number of benzene rings is 1. The lowest BCUT2D eigenvalue weighted by Crippen LogP contribution is -2.33. The number of hydrogen-bond donors (Lipinski definition) is 1. The average molecular weight is 260 g/mol. The highest BCUT2D eigenvalue weighted by Crippen LogP contribution is 2.22. The molecule has 1 aromatic carbocycles. The van der Waals surface area contributed by atoms with Gasteiger partial charge in [-0.15, -0.1) is 13.2 Å². The number of nitrogens with zero attached hydrogens (tertiary/aromatic N) is 1. The summed E-state index contributed by atoms with van der Waals surface area (Å²) in [5.41, 5.74) is 2.08. The summed E-state index contributed by atoms with van der Waals surface area (Å²) in [5, 5.41) is 3.24. The fourth-order valence-corrected chi connectivity index (χ4v) is 2.03. The first kappa shape index (κ1) is 13.2. The van der Waals surface area contributed by atoms with Gasteiger partial charge in [0.05, 0.1) is 6.61 Å². The van der Waals surface area contributed by atoms with Crippen molar-refractivity contribution in [1.82, 2.24) is 5.32 Å². The van der Waals surface area contributed by atoms with E-state index in [1.165, 1.54) is 0 Å². The van der Waals surface area contributed by atoms with Gasteiger partial charge in [-0.25, -0.2) is 0 Å². The van der Waals surface area contributed by atoms with Gasteiger partial charge in [0.15, 0.2) is 0 Å². The summed E-state index contributed by atoms with van der Waals surface area (Å²) in [6.07, 6.45) is -4.55. The van der Waals surface area contributed by atoms with Crippen molar-refractivity contribution >= 4 is 5.69 Å². The normalized spacial score (nSPS) is 16.3. The molecule has 0 spiro atoms. The molecule has 2 rings (SSSR count). The van der Waals surface area contributed by atoms with Crippen LogP contribution in [0.2, 0.25) is 0 Å². The van der Waals surface area contributed by atoms with Crippen LogP contribution in [0.5, 0.6) is 0 Å². The second-order valence-electron chi connectivity index (χ2n) is 4.09. The molecule has 0 aliphatic carbocycles. The Balaban J connectivity index is 2.00. The van der Waals surface area contributed by atoms with E-state index in [0.29, 0.717) is 6.54 Å². The van der Waals surface area contributed by atoms with Gasteiger partial charge < -0.3 is 10.2 Å². The molecule has 0 saturated heterocycles. The lowest BCUT2D eigenvalue weighted by molar-refractivity contribution is -0.323. The molecule has 0 fully saturated rings. The van der Waals surface area contributed by atoms with Gasteiger partial charge in [-0.1, -0.05) is 18.2 Å². The number of ether oxygens (including phenoxy) is 1. The monoisotopic (exact) mass is 260 g/mol. The van der Waals surface area contributed by atoms with Gasteiger partial charge in [0.25, 0.3) is 0 Å². The molecule has 0 atom stereocenters. The highest BCUT2D eigenvalue weighted by molar-refractivity contribution is 5.54. The number of fused-ring (bicyclic) bond motifs is 1. The van der Waals surface area contributed by atoms with Crippen LogP contribution in [0.15, 0.2) is 24.3 Å². The van der Waals surface area contributed by atoms with Crippen LogP contribution in [0.4, 0.5) is 18.9 Å². The fourth-order valence-electron chi connectivity index (χ4n) is 2.03. The quantitative estimate of drug-likeness (QED) is 0.901. The van der Waals surface area contributed by atoms with Crippen LogP contribution in [0, 0.1) is 0 Å². The average Bonchev–Trinajstić information content (AvgIpc) is 2.51. The van der Waals surface area contributed by atoms with Crippen molar-refractivity contribution in [1.29, 1.82) is 0 Å². The van der Waals surface area contributed by atoms with E-state index in [1.54, 1.807) is 0 Å². The van der Waals surface area contributed by atoms with Gasteiger partial charge in [0, 0.05) is 31.9 Å². The minimum absolute atomic E-state index is 0.234. The number of hydrogen-bond acceptors (Lipinski definition) is 3. The maximum absolute atomic E-state index is 11.9. The van der Waals surface area contributed by atoms with Crippen LogP contribution < -0.4 is 10.2 Å².